The minimum atomic E-state index is 0.435. The zero-order valence-electron chi connectivity index (χ0n) is 9.78. The Morgan fingerprint density at radius 3 is 2.59 bits per heavy atom. The number of aryl methyl sites for hydroxylation is 2. The lowest BCUT2D eigenvalue weighted by Gasteiger charge is -2.08. The van der Waals surface area contributed by atoms with E-state index in [-0.39, 0.29) is 0 Å². The van der Waals surface area contributed by atoms with Crippen molar-refractivity contribution >= 4 is 17.4 Å². The van der Waals surface area contributed by atoms with Gasteiger partial charge in [-0.2, -0.15) is 4.98 Å². The van der Waals surface area contributed by atoms with Crippen LogP contribution in [-0.2, 0) is 6.54 Å². The maximum Gasteiger partial charge on any atom is 0.223 e. The molecule has 0 fully saturated rings. The molecule has 0 saturated carbocycles. The second-order valence-electron chi connectivity index (χ2n) is 3.62. The first-order valence-electron chi connectivity index (χ1n) is 5.10. The predicted molar refractivity (Wildman–Crippen MR) is 62.9 cm³/mol. The first-order chi connectivity index (χ1) is 8.06. The largest absolute Gasteiger partial charge is 0.362 e. The lowest BCUT2D eigenvalue weighted by atomic mass is 10.3. The summed E-state index contributed by atoms with van der Waals surface area (Å²) in [5.74, 6) is 2.42. The van der Waals surface area contributed by atoms with Crippen molar-refractivity contribution in [1.82, 2.24) is 20.1 Å². The fourth-order valence-electron chi connectivity index (χ4n) is 1.34. The summed E-state index contributed by atoms with van der Waals surface area (Å²) in [6.07, 6.45) is 0. The molecule has 0 amide bonds. The van der Waals surface area contributed by atoms with E-state index in [1.54, 1.807) is 13.8 Å². The molecular formula is C10H12ClN5O. The van der Waals surface area contributed by atoms with Gasteiger partial charge in [-0.05, 0) is 13.8 Å². The Labute approximate surface area is 103 Å². The summed E-state index contributed by atoms with van der Waals surface area (Å²) in [5, 5.41) is 7.33. The summed E-state index contributed by atoms with van der Waals surface area (Å²) < 4.78 is 4.87. The van der Waals surface area contributed by atoms with E-state index in [0.29, 0.717) is 35.1 Å². The van der Waals surface area contributed by atoms with Gasteiger partial charge in [-0.15, -0.1) is 0 Å². The molecule has 7 heteroatoms. The molecule has 2 rings (SSSR count). The normalized spacial score (nSPS) is 10.6. The summed E-state index contributed by atoms with van der Waals surface area (Å²) in [5.41, 5.74) is 0.803. The van der Waals surface area contributed by atoms with Gasteiger partial charge in [-0.1, -0.05) is 16.8 Å². The summed E-state index contributed by atoms with van der Waals surface area (Å²) >= 11 is 5.96. The minimum absolute atomic E-state index is 0.435. The molecule has 0 spiro atoms. The van der Waals surface area contributed by atoms with Crippen LogP contribution in [0.4, 0.5) is 5.82 Å². The fraction of sp³-hybridized carbons (Fsp3) is 0.400. The van der Waals surface area contributed by atoms with Gasteiger partial charge in [0.1, 0.15) is 16.8 Å². The Bertz CT molecular complexity index is 539. The van der Waals surface area contributed by atoms with Crippen molar-refractivity contribution < 1.29 is 4.52 Å². The van der Waals surface area contributed by atoms with Crippen LogP contribution >= 0.6 is 11.6 Å². The van der Waals surface area contributed by atoms with Crippen LogP contribution in [0.15, 0.2) is 4.52 Å². The van der Waals surface area contributed by atoms with Crippen LogP contribution in [0.3, 0.4) is 0 Å². The van der Waals surface area contributed by atoms with Crippen molar-refractivity contribution in [2.75, 3.05) is 5.32 Å². The lowest BCUT2D eigenvalue weighted by molar-refractivity contribution is 0.388. The summed E-state index contributed by atoms with van der Waals surface area (Å²) in [4.78, 5) is 12.4. The van der Waals surface area contributed by atoms with Crippen molar-refractivity contribution in [3.05, 3.63) is 28.3 Å². The molecule has 90 valence electrons. The van der Waals surface area contributed by atoms with Gasteiger partial charge in [0.2, 0.25) is 5.89 Å². The van der Waals surface area contributed by atoms with Crippen molar-refractivity contribution in [2.45, 2.75) is 27.3 Å². The van der Waals surface area contributed by atoms with E-state index in [4.69, 9.17) is 16.1 Å². The highest BCUT2D eigenvalue weighted by molar-refractivity contribution is 6.30. The predicted octanol–water partition coefficient (Wildman–Crippen LogP) is 2.05. The van der Waals surface area contributed by atoms with Crippen LogP contribution in [0, 0.1) is 20.8 Å². The molecule has 6 nitrogen and oxygen atoms in total. The molecule has 2 heterocycles. The number of nitrogens with zero attached hydrogens (tertiary/aromatic N) is 4. The first kappa shape index (κ1) is 11.8. The molecule has 0 aromatic carbocycles. The third-order valence-electron chi connectivity index (χ3n) is 2.18. The van der Waals surface area contributed by atoms with Gasteiger partial charge >= 0.3 is 0 Å². The fourth-order valence-corrected chi connectivity index (χ4v) is 1.55. The van der Waals surface area contributed by atoms with E-state index in [9.17, 15) is 0 Å². The minimum Gasteiger partial charge on any atom is -0.362 e. The molecule has 0 atom stereocenters. The molecule has 0 aliphatic rings. The molecule has 0 aliphatic carbocycles. The van der Waals surface area contributed by atoms with Gasteiger partial charge in [0.15, 0.2) is 5.82 Å². The number of hydrogen-bond acceptors (Lipinski definition) is 6. The highest BCUT2D eigenvalue weighted by Gasteiger charge is 2.08. The zero-order chi connectivity index (χ0) is 12.4. The Morgan fingerprint density at radius 1 is 1.18 bits per heavy atom. The average Bonchev–Trinajstić information content (AvgIpc) is 2.67. The van der Waals surface area contributed by atoms with E-state index in [1.165, 1.54) is 0 Å². The molecule has 0 aliphatic heterocycles. The van der Waals surface area contributed by atoms with Crippen molar-refractivity contribution in [3.8, 4) is 0 Å². The van der Waals surface area contributed by atoms with E-state index >= 15 is 0 Å². The molecule has 17 heavy (non-hydrogen) atoms. The molecular weight excluding hydrogens is 242 g/mol. The third kappa shape index (κ3) is 2.71. The van der Waals surface area contributed by atoms with Gasteiger partial charge in [0.25, 0.3) is 0 Å². The molecule has 1 N–H and O–H groups in total. The van der Waals surface area contributed by atoms with E-state index in [1.807, 2.05) is 6.92 Å². The van der Waals surface area contributed by atoms with Gasteiger partial charge in [-0.25, -0.2) is 9.97 Å². The standard InChI is InChI=1S/C10H12ClN5O/c1-5-9(11)13-6(2)14-10(5)12-4-8-15-7(3)17-16-8/h4H2,1-3H3,(H,12,13,14). The van der Waals surface area contributed by atoms with Gasteiger partial charge in [0, 0.05) is 12.5 Å². The summed E-state index contributed by atoms with van der Waals surface area (Å²) in [6.45, 7) is 5.82. The molecule has 0 bridgehead atoms. The van der Waals surface area contributed by atoms with Gasteiger partial charge < -0.3 is 9.84 Å². The monoisotopic (exact) mass is 253 g/mol. The van der Waals surface area contributed by atoms with Crippen molar-refractivity contribution in [1.29, 1.82) is 0 Å². The number of hydrogen-bond donors (Lipinski definition) is 1. The van der Waals surface area contributed by atoms with E-state index < -0.39 is 0 Å². The Kier molecular flexibility index (Phi) is 3.23. The summed E-state index contributed by atoms with van der Waals surface area (Å²) in [6, 6.07) is 0. The van der Waals surface area contributed by atoms with E-state index in [2.05, 4.69) is 25.4 Å². The van der Waals surface area contributed by atoms with Crippen LogP contribution in [0.1, 0.15) is 23.1 Å². The third-order valence-corrected chi connectivity index (χ3v) is 2.55. The van der Waals surface area contributed by atoms with Crippen LogP contribution in [-0.4, -0.2) is 20.1 Å². The Hall–Kier alpha value is -1.69. The quantitative estimate of drug-likeness (QED) is 0.844. The smallest absolute Gasteiger partial charge is 0.223 e. The van der Waals surface area contributed by atoms with Gasteiger partial charge in [-0.3, -0.25) is 0 Å². The molecule has 2 aromatic rings. The zero-order valence-corrected chi connectivity index (χ0v) is 10.5. The lowest BCUT2D eigenvalue weighted by Crippen LogP contribution is -2.07. The Morgan fingerprint density at radius 2 is 1.94 bits per heavy atom. The van der Waals surface area contributed by atoms with Crippen molar-refractivity contribution in [3.63, 3.8) is 0 Å². The maximum absolute atomic E-state index is 5.96. The van der Waals surface area contributed by atoms with Crippen LogP contribution in [0.2, 0.25) is 5.15 Å². The van der Waals surface area contributed by atoms with Crippen molar-refractivity contribution in [2.24, 2.45) is 0 Å². The van der Waals surface area contributed by atoms with Gasteiger partial charge in [0.05, 0.1) is 6.54 Å². The SMILES string of the molecule is Cc1nc(Cl)c(C)c(NCc2noc(C)n2)n1. The first-order valence-corrected chi connectivity index (χ1v) is 5.48. The maximum atomic E-state index is 5.96. The number of halogens is 1. The topological polar surface area (TPSA) is 76.7 Å². The molecule has 0 radical (unpaired) electrons. The second-order valence-corrected chi connectivity index (χ2v) is 3.98. The molecule has 0 saturated heterocycles. The highest BCUT2D eigenvalue weighted by atomic mass is 35.5. The second kappa shape index (κ2) is 4.67. The number of aromatic nitrogens is 4. The number of anilines is 1. The van der Waals surface area contributed by atoms with Crippen LogP contribution < -0.4 is 5.32 Å². The highest BCUT2D eigenvalue weighted by Crippen LogP contribution is 2.19. The average molecular weight is 254 g/mol. The summed E-state index contributed by atoms with van der Waals surface area (Å²) in [7, 11) is 0. The van der Waals surface area contributed by atoms with Crippen LogP contribution in [0.25, 0.3) is 0 Å². The van der Waals surface area contributed by atoms with E-state index in [0.717, 1.165) is 5.56 Å². The Balaban J connectivity index is 2.14. The number of nitrogens with one attached hydrogen (secondary N) is 1. The number of rotatable bonds is 3. The molecule has 2 aromatic heterocycles. The van der Waals surface area contributed by atoms with Crippen LogP contribution in [0.5, 0.6) is 0 Å². The molecule has 0 unspecified atom stereocenters.